The van der Waals surface area contributed by atoms with Crippen molar-refractivity contribution in [3.8, 4) is 0 Å². The van der Waals surface area contributed by atoms with Crippen LogP contribution in [-0.2, 0) is 0 Å². The van der Waals surface area contributed by atoms with Gasteiger partial charge in [0.25, 0.3) is 0 Å². The highest BCUT2D eigenvalue weighted by molar-refractivity contribution is 9.10. The van der Waals surface area contributed by atoms with E-state index in [0.29, 0.717) is 4.47 Å². The Morgan fingerprint density at radius 1 is 1.36 bits per heavy atom. The van der Waals surface area contributed by atoms with E-state index in [-0.39, 0.29) is 12.1 Å². The van der Waals surface area contributed by atoms with Crippen molar-refractivity contribution in [1.82, 2.24) is 0 Å². The molecule has 0 heterocycles. The molecule has 5 heteroatoms. The highest BCUT2D eigenvalue weighted by Gasteiger charge is 2.23. The van der Waals surface area contributed by atoms with E-state index in [4.69, 9.17) is 5.73 Å². The maximum atomic E-state index is 13.2. The third-order valence-electron chi connectivity index (χ3n) is 1.92. The molecule has 1 aromatic rings. The van der Waals surface area contributed by atoms with Gasteiger partial charge >= 0.3 is 0 Å². The molecule has 1 nitrogen and oxygen atoms in total. The fraction of sp³-hybridized carbons (Fsp3) is 0.333. The quantitative estimate of drug-likeness (QED) is 0.896. The molecular formula is C9H9BrF3N. The molecule has 0 bridgehead atoms. The van der Waals surface area contributed by atoms with Gasteiger partial charge in [-0.25, -0.2) is 13.2 Å². The van der Waals surface area contributed by atoms with Crippen molar-refractivity contribution < 1.29 is 13.2 Å². The summed E-state index contributed by atoms with van der Waals surface area (Å²) in [5.74, 6) is -1.89. The number of benzene rings is 1. The summed E-state index contributed by atoms with van der Waals surface area (Å²) in [4.78, 5) is 0. The number of alkyl halides is 2. The molecule has 14 heavy (non-hydrogen) atoms. The van der Waals surface area contributed by atoms with Crippen molar-refractivity contribution in [2.75, 3.05) is 6.54 Å². The van der Waals surface area contributed by atoms with Crippen LogP contribution in [0.5, 0.6) is 0 Å². The Morgan fingerprint density at radius 3 is 2.50 bits per heavy atom. The van der Waals surface area contributed by atoms with E-state index in [2.05, 4.69) is 15.9 Å². The zero-order valence-corrected chi connectivity index (χ0v) is 8.77. The molecule has 0 radical (unpaired) electrons. The highest BCUT2D eigenvalue weighted by Crippen LogP contribution is 2.27. The first kappa shape index (κ1) is 11.5. The van der Waals surface area contributed by atoms with Crippen LogP contribution in [0.1, 0.15) is 11.5 Å². The smallest absolute Gasteiger partial charge is 0.246 e. The van der Waals surface area contributed by atoms with Gasteiger partial charge in [-0.15, -0.1) is 0 Å². The van der Waals surface area contributed by atoms with Crippen LogP contribution in [0, 0.1) is 5.82 Å². The Balaban J connectivity index is 3.08. The average molecular weight is 268 g/mol. The summed E-state index contributed by atoms with van der Waals surface area (Å²) in [5.41, 5.74) is 5.12. The normalized spacial score (nSPS) is 13.3. The molecule has 0 saturated carbocycles. The summed E-state index contributed by atoms with van der Waals surface area (Å²) >= 11 is 3.09. The van der Waals surface area contributed by atoms with E-state index in [0.717, 1.165) is 6.07 Å². The first-order valence-electron chi connectivity index (χ1n) is 3.99. The van der Waals surface area contributed by atoms with E-state index in [1.54, 1.807) is 0 Å². The van der Waals surface area contributed by atoms with Gasteiger partial charge in [0.05, 0.1) is 5.92 Å². The van der Waals surface area contributed by atoms with Gasteiger partial charge in [-0.2, -0.15) is 0 Å². The van der Waals surface area contributed by atoms with Crippen molar-refractivity contribution in [2.24, 2.45) is 5.73 Å². The summed E-state index contributed by atoms with van der Waals surface area (Å²) in [7, 11) is 0. The van der Waals surface area contributed by atoms with Crippen LogP contribution in [-0.4, -0.2) is 13.0 Å². The summed E-state index contributed by atoms with van der Waals surface area (Å²) in [5, 5.41) is 0. The van der Waals surface area contributed by atoms with E-state index in [1.165, 1.54) is 12.1 Å². The van der Waals surface area contributed by atoms with Gasteiger partial charge in [0.15, 0.2) is 0 Å². The van der Waals surface area contributed by atoms with Crippen molar-refractivity contribution in [2.45, 2.75) is 12.3 Å². The molecule has 1 aromatic carbocycles. The Labute approximate surface area is 88.2 Å². The first-order valence-corrected chi connectivity index (χ1v) is 4.78. The van der Waals surface area contributed by atoms with Crippen LogP contribution in [0.3, 0.4) is 0 Å². The Bertz CT molecular complexity index is 317. The second-order valence-electron chi connectivity index (χ2n) is 2.84. The molecule has 78 valence electrons. The predicted molar refractivity (Wildman–Crippen MR) is 51.9 cm³/mol. The van der Waals surface area contributed by atoms with Crippen LogP contribution in [0.4, 0.5) is 13.2 Å². The molecule has 0 aliphatic carbocycles. The van der Waals surface area contributed by atoms with Crippen LogP contribution in [0.25, 0.3) is 0 Å². The number of hydrogen-bond acceptors (Lipinski definition) is 1. The molecule has 0 aromatic heterocycles. The molecule has 0 fully saturated rings. The van der Waals surface area contributed by atoms with Crippen LogP contribution >= 0.6 is 15.9 Å². The van der Waals surface area contributed by atoms with Gasteiger partial charge in [0.1, 0.15) is 5.82 Å². The zero-order chi connectivity index (χ0) is 10.7. The molecule has 1 unspecified atom stereocenters. The number of hydrogen-bond donors (Lipinski definition) is 1. The molecule has 0 amide bonds. The third-order valence-corrected chi connectivity index (χ3v) is 2.41. The molecule has 2 N–H and O–H groups in total. The van der Waals surface area contributed by atoms with Gasteiger partial charge in [-0.3, -0.25) is 0 Å². The second kappa shape index (κ2) is 4.79. The van der Waals surface area contributed by atoms with E-state index in [1.807, 2.05) is 0 Å². The van der Waals surface area contributed by atoms with Gasteiger partial charge in [-0.05, 0) is 23.8 Å². The standard InChI is InChI=1S/C9H9BrF3N/c10-5-1-2-8(11)6(3-5)7(4-14)9(12)13/h1-3,7,9H,4,14H2. The molecule has 0 spiro atoms. The average Bonchev–Trinajstić information content (AvgIpc) is 2.11. The van der Waals surface area contributed by atoms with Gasteiger partial charge in [0, 0.05) is 11.0 Å². The third kappa shape index (κ3) is 2.48. The second-order valence-corrected chi connectivity index (χ2v) is 3.76. The lowest BCUT2D eigenvalue weighted by molar-refractivity contribution is 0.115. The predicted octanol–water partition coefficient (Wildman–Crippen LogP) is 2.90. The first-order chi connectivity index (χ1) is 6.56. The minimum atomic E-state index is -2.65. The maximum absolute atomic E-state index is 13.2. The SMILES string of the molecule is NCC(c1cc(Br)ccc1F)C(F)F. The summed E-state index contributed by atoms with van der Waals surface area (Å²) < 4.78 is 38.6. The Hall–Kier alpha value is -0.550. The summed E-state index contributed by atoms with van der Waals surface area (Å²) in [6.45, 7) is -0.273. The summed E-state index contributed by atoms with van der Waals surface area (Å²) in [6, 6.07) is 3.93. The lowest BCUT2D eigenvalue weighted by Gasteiger charge is -2.14. The lowest BCUT2D eigenvalue weighted by atomic mass is 9.99. The van der Waals surface area contributed by atoms with Crippen molar-refractivity contribution in [1.29, 1.82) is 0 Å². The molecule has 1 rings (SSSR count). The monoisotopic (exact) mass is 267 g/mol. The molecule has 0 saturated heterocycles. The largest absolute Gasteiger partial charge is 0.330 e. The maximum Gasteiger partial charge on any atom is 0.246 e. The Kier molecular flexibility index (Phi) is 3.95. The van der Waals surface area contributed by atoms with Crippen LogP contribution < -0.4 is 5.73 Å². The molecule has 0 aliphatic rings. The van der Waals surface area contributed by atoms with Crippen LogP contribution in [0.2, 0.25) is 0 Å². The minimum Gasteiger partial charge on any atom is -0.330 e. The van der Waals surface area contributed by atoms with Crippen LogP contribution in [0.15, 0.2) is 22.7 Å². The van der Waals surface area contributed by atoms with Gasteiger partial charge in [0.2, 0.25) is 6.43 Å². The van der Waals surface area contributed by atoms with Crippen molar-refractivity contribution >= 4 is 15.9 Å². The highest BCUT2D eigenvalue weighted by atomic mass is 79.9. The lowest BCUT2D eigenvalue weighted by Crippen LogP contribution is -2.20. The fourth-order valence-corrected chi connectivity index (χ4v) is 1.54. The van der Waals surface area contributed by atoms with E-state index < -0.39 is 18.2 Å². The Morgan fingerprint density at radius 2 is 2.00 bits per heavy atom. The summed E-state index contributed by atoms with van der Waals surface area (Å²) in [6.07, 6.45) is -2.65. The minimum absolute atomic E-state index is 0.0446. The van der Waals surface area contributed by atoms with E-state index >= 15 is 0 Å². The molecular weight excluding hydrogens is 259 g/mol. The van der Waals surface area contributed by atoms with Gasteiger partial charge in [-0.1, -0.05) is 15.9 Å². The van der Waals surface area contributed by atoms with Crippen molar-refractivity contribution in [3.63, 3.8) is 0 Å². The zero-order valence-electron chi connectivity index (χ0n) is 7.18. The van der Waals surface area contributed by atoms with Gasteiger partial charge < -0.3 is 5.73 Å². The molecule has 1 atom stereocenters. The fourth-order valence-electron chi connectivity index (χ4n) is 1.16. The van der Waals surface area contributed by atoms with Crippen molar-refractivity contribution in [3.05, 3.63) is 34.1 Å². The number of nitrogens with two attached hydrogens (primary N) is 1. The van der Waals surface area contributed by atoms with E-state index in [9.17, 15) is 13.2 Å². The topological polar surface area (TPSA) is 26.0 Å². The number of halogens is 4. The molecule has 0 aliphatic heterocycles. The number of rotatable bonds is 3.